The van der Waals surface area contributed by atoms with Crippen molar-refractivity contribution >= 4 is 18.0 Å². The molecule has 5 nitrogen and oxygen atoms in total. The summed E-state index contributed by atoms with van der Waals surface area (Å²) < 4.78 is 10.1. The lowest BCUT2D eigenvalue weighted by atomic mass is 10.1. The van der Waals surface area contributed by atoms with Gasteiger partial charge in [-0.25, -0.2) is 9.59 Å². The predicted octanol–water partition coefficient (Wildman–Crippen LogP) is 2.66. The minimum atomic E-state index is -0.528. The fourth-order valence-electron chi connectivity index (χ4n) is 2.35. The maximum atomic E-state index is 12.0. The molecule has 2 aromatic carbocycles. The van der Waals surface area contributed by atoms with Gasteiger partial charge >= 0.3 is 11.9 Å². The molecule has 3 rings (SSSR count). The highest BCUT2D eigenvalue weighted by atomic mass is 16.6. The molecule has 1 aliphatic heterocycles. The molecule has 0 amide bonds. The van der Waals surface area contributed by atoms with Crippen LogP contribution in [-0.2, 0) is 14.3 Å². The number of ether oxygens (including phenoxy) is 2. The Hall–Kier alpha value is -3.08. The topological polar surface area (TPSA) is 64.6 Å². The summed E-state index contributed by atoms with van der Waals surface area (Å²) >= 11 is 0. The summed E-state index contributed by atoms with van der Waals surface area (Å²) in [5.41, 5.74) is 2.13. The number of carbonyl (C=O) groups excluding carboxylic acids is 2. The zero-order chi connectivity index (χ0) is 16.2. The van der Waals surface area contributed by atoms with E-state index in [-0.39, 0.29) is 0 Å². The Kier molecular flexibility index (Phi) is 4.10. The normalized spacial score (nSPS) is 18.4. The first-order valence-electron chi connectivity index (χ1n) is 7.10. The van der Waals surface area contributed by atoms with Crippen molar-refractivity contribution in [2.24, 2.45) is 0 Å². The van der Waals surface area contributed by atoms with Crippen LogP contribution < -0.4 is 5.32 Å². The minimum Gasteiger partial charge on any atom is -0.465 e. The highest BCUT2D eigenvalue weighted by molar-refractivity contribution is 5.99. The van der Waals surface area contributed by atoms with E-state index in [9.17, 15) is 9.59 Å². The number of cyclic esters (lactones) is 1. The summed E-state index contributed by atoms with van der Waals surface area (Å²) in [7, 11) is 1.32. The Morgan fingerprint density at radius 1 is 1.13 bits per heavy atom. The van der Waals surface area contributed by atoms with Crippen molar-refractivity contribution in [1.82, 2.24) is 5.32 Å². The van der Waals surface area contributed by atoms with E-state index < -0.39 is 18.2 Å². The van der Waals surface area contributed by atoms with Crippen LogP contribution in [0.25, 0.3) is 6.08 Å². The molecule has 0 saturated carbocycles. The van der Waals surface area contributed by atoms with Gasteiger partial charge in [-0.3, -0.25) is 0 Å². The lowest BCUT2D eigenvalue weighted by molar-refractivity contribution is -0.139. The molecule has 0 bridgehead atoms. The maximum Gasteiger partial charge on any atom is 0.356 e. The van der Waals surface area contributed by atoms with Crippen LogP contribution in [0.5, 0.6) is 0 Å². The predicted molar refractivity (Wildman–Crippen MR) is 84.2 cm³/mol. The van der Waals surface area contributed by atoms with Gasteiger partial charge in [0, 0.05) is 5.56 Å². The number of esters is 2. The molecule has 1 atom stereocenters. The van der Waals surface area contributed by atoms with E-state index in [1.54, 1.807) is 30.3 Å². The number of rotatable bonds is 3. The van der Waals surface area contributed by atoms with Crippen LogP contribution in [0, 0.1) is 0 Å². The number of benzene rings is 2. The van der Waals surface area contributed by atoms with E-state index in [1.807, 2.05) is 30.3 Å². The Balaban J connectivity index is 1.89. The van der Waals surface area contributed by atoms with Gasteiger partial charge in [-0.05, 0) is 17.7 Å². The highest BCUT2D eigenvalue weighted by Gasteiger charge is 2.29. The molecule has 1 fully saturated rings. The highest BCUT2D eigenvalue weighted by Crippen LogP contribution is 2.25. The molecule has 2 aromatic rings. The average Bonchev–Trinajstić information content (AvgIpc) is 2.96. The number of methoxy groups -OCH3 is 1. The first-order valence-corrected chi connectivity index (χ1v) is 7.10. The third-order valence-electron chi connectivity index (χ3n) is 3.50. The summed E-state index contributed by atoms with van der Waals surface area (Å²) in [5.74, 6) is -0.915. The SMILES string of the molecule is COC(=O)c1ccccc1/C=C1\NC(c2ccccc2)OC1=O. The van der Waals surface area contributed by atoms with Crippen molar-refractivity contribution in [3.05, 3.63) is 77.0 Å². The fraction of sp³-hybridized carbons (Fsp3) is 0.111. The van der Waals surface area contributed by atoms with Crippen molar-refractivity contribution in [3.63, 3.8) is 0 Å². The van der Waals surface area contributed by atoms with Crippen molar-refractivity contribution < 1.29 is 19.1 Å². The molecule has 0 spiro atoms. The standard InChI is InChI=1S/C18H15NO4/c1-22-17(20)14-10-6-5-9-13(14)11-15-18(21)23-16(19-15)12-7-3-2-4-8-12/h2-11,16,19H,1H3/b15-11-. The molecule has 1 aliphatic rings. The zero-order valence-electron chi connectivity index (χ0n) is 12.5. The number of nitrogens with one attached hydrogen (secondary N) is 1. The summed E-state index contributed by atoms with van der Waals surface area (Å²) in [4.78, 5) is 23.8. The van der Waals surface area contributed by atoms with Gasteiger partial charge in [0.25, 0.3) is 0 Å². The summed E-state index contributed by atoms with van der Waals surface area (Å²) in [6.45, 7) is 0. The Morgan fingerprint density at radius 2 is 1.83 bits per heavy atom. The van der Waals surface area contributed by atoms with Gasteiger partial charge in [0.2, 0.25) is 0 Å². The van der Waals surface area contributed by atoms with Crippen LogP contribution in [0.2, 0.25) is 0 Å². The summed E-state index contributed by atoms with van der Waals surface area (Å²) in [5, 5.41) is 3.03. The van der Waals surface area contributed by atoms with E-state index in [2.05, 4.69) is 5.32 Å². The van der Waals surface area contributed by atoms with Gasteiger partial charge < -0.3 is 14.8 Å². The molecule has 23 heavy (non-hydrogen) atoms. The minimum absolute atomic E-state index is 0.301. The lowest BCUT2D eigenvalue weighted by Gasteiger charge is -2.09. The molecule has 0 aliphatic carbocycles. The molecule has 1 heterocycles. The second-order valence-electron chi connectivity index (χ2n) is 4.98. The molecule has 1 unspecified atom stereocenters. The molecular formula is C18H15NO4. The van der Waals surface area contributed by atoms with Gasteiger partial charge in [0.1, 0.15) is 5.70 Å². The van der Waals surface area contributed by atoms with E-state index in [0.29, 0.717) is 16.8 Å². The number of carbonyl (C=O) groups is 2. The molecule has 5 heteroatoms. The molecule has 1 N–H and O–H groups in total. The van der Waals surface area contributed by atoms with Crippen LogP contribution in [0.15, 0.2) is 60.3 Å². The van der Waals surface area contributed by atoms with Gasteiger partial charge in [-0.15, -0.1) is 0 Å². The third kappa shape index (κ3) is 3.08. The number of hydrogen-bond donors (Lipinski definition) is 1. The monoisotopic (exact) mass is 309 g/mol. The van der Waals surface area contributed by atoms with E-state index in [4.69, 9.17) is 9.47 Å². The zero-order valence-corrected chi connectivity index (χ0v) is 12.5. The maximum absolute atomic E-state index is 12.0. The van der Waals surface area contributed by atoms with Gasteiger partial charge in [-0.2, -0.15) is 0 Å². The van der Waals surface area contributed by atoms with Gasteiger partial charge in [-0.1, -0.05) is 48.5 Å². The Morgan fingerprint density at radius 3 is 2.57 bits per heavy atom. The van der Waals surface area contributed by atoms with Gasteiger partial charge in [0.15, 0.2) is 6.23 Å². The van der Waals surface area contributed by atoms with E-state index >= 15 is 0 Å². The first kappa shape index (κ1) is 14.8. The summed E-state index contributed by atoms with van der Waals surface area (Å²) in [6, 6.07) is 16.3. The second kappa shape index (κ2) is 6.36. The Bertz CT molecular complexity index is 768. The van der Waals surface area contributed by atoms with Crippen LogP contribution in [0.3, 0.4) is 0 Å². The smallest absolute Gasteiger partial charge is 0.356 e. The second-order valence-corrected chi connectivity index (χ2v) is 4.98. The summed E-state index contributed by atoms with van der Waals surface area (Å²) in [6.07, 6.45) is 1.07. The Labute approximate surface area is 133 Å². The molecular weight excluding hydrogens is 294 g/mol. The van der Waals surface area contributed by atoms with Crippen LogP contribution in [0.1, 0.15) is 27.7 Å². The van der Waals surface area contributed by atoms with Crippen molar-refractivity contribution in [3.8, 4) is 0 Å². The van der Waals surface area contributed by atoms with Crippen LogP contribution in [0.4, 0.5) is 0 Å². The first-order chi connectivity index (χ1) is 11.2. The van der Waals surface area contributed by atoms with Crippen molar-refractivity contribution in [2.45, 2.75) is 6.23 Å². The number of hydrogen-bond acceptors (Lipinski definition) is 5. The quantitative estimate of drug-likeness (QED) is 0.697. The third-order valence-corrected chi connectivity index (χ3v) is 3.50. The van der Waals surface area contributed by atoms with E-state index in [0.717, 1.165) is 5.56 Å². The van der Waals surface area contributed by atoms with Crippen molar-refractivity contribution in [2.75, 3.05) is 7.11 Å². The average molecular weight is 309 g/mol. The molecule has 1 saturated heterocycles. The molecule has 116 valence electrons. The van der Waals surface area contributed by atoms with Crippen LogP contribution >= 0.6 is 0 Å². The lowest BCUT2D eigenvalue weighted by Crippen LogP contribution is -2.13. The van der Waals surface area contributed by atoms with Crippen LogP contribution in [-0.4, -0.2) is 19.0 Å². The van der Waals surface area contributed by atoms with Crippen molar-refractivity contribution in [1.29, 1.82) is 0 Å². The largest absolute Gasteiger partial charge is 0.465 e. The molecule has 0 radical (unpaired) electrons. The molecule has 0 aromatic heterocycles. The van der Waals surface area contributed by atoms with Gasteiger partial charge in [0.05, 0.1) is 12.7 Å². The fourth-order valence-corrected chi connectivity index (χ4v) is 2.35. The van der Waals surface area contributed by atoms with E-state index in [1.165, 1.54) is 7.11 Å².